The maximum atomic E-state index is 11.6. The van der Waals surface area contributed by atoms with Crippen LogP contribution in [0.5, 0.6) is 5.75 Å². The summed E-state index contributed by atoms with van der Waals surface area (Å²) in [5, 5.41) is 11.7. The first kappa shape index (κ1) is 13.0. The predicted octanol–water partition coefficient (Wildman–Crippen LogP) is 0.600. The minimum Gasteiger partial charge on any atom is -0.508 e. The Labute approximate surface area is 100 Å². The fraction of sp³-hybridized carbons (Fsp3) is 0.333. The number of aromatic hydroxyl groups is 1. The molecule has 0 bridgehead atoms. The summed E-state index contributed by atoms with van der Waals surface area (Å²) in [6.45, 7) is 0.302. The van der Waals surface area contributed by atoms with E-state index in [4.69, 9.17) is 5.11 Å². The van der Waals surface area contributed by atoms with Gasteiger partial charge in [-0.25, -0.2) is 0 Å². The van der Waals surface area contributed by atoms with Crippen molar-refractivity contribution in [2.45, 2.75) is 6.42 Å². The van der Waals surface area contributed by atoms with E-state index in [2.05, 4.69) is 5.32 Å². The Kier molecular flexibility index (Phi) is 4.51. The fourth-order valence-corrected chi connectivity index (χ4v) is 1.22. The molecule has 2 amide bonds. The molecular formula is C12H16N2O3. The number of carbonyl (C=O) groups is 2. The molecule has 17 heavy (non-hydrogen) atoms. The first-order valence-corrected chi connectivity index (χ1v) is 5.28. The quantitative estimate of drug-likeness (QED) is 0.804. The maximum absolute atomic E-state index is 11.6. The number of hydrogen-bond donors (Lipinski definition) is 2. The van der Waals surface area contributed by atoms with Crippen molar-refractivity contribution in [2.24, 2.45) is 0 Å². The van der Waals surface area contributed by atoms with Crippen LogP contribution in [0.25, 0.3) is 0 Å². The minimum absolute atomic E-state index is 0.0315. The highest BCUT2D eigenvalue weighted by Gasteiger charge is 2.07. The lowest BCUT2D eigenvalue weighted by Crippen LogP contribution is -2.30. The van der Waals surface area contributed by atoms with Crippen LogP contribution in [0.3, 0.4) is 0 Å². The standard InChI is InChI=1S/C12H16N2O3/c1-14(2)11(16)7-8-13-12(17)9-3-5-10(15)6-4-9/h3-6,15H,7-8H2,1-2H3,(H,13,17). The average Bonchev–Trinajstić information content (AvgIpc) is 2.29. The molecule has 2 N–H and O–H groups in total. The van der Waals surface area contributed by atoms with Crippen LogP contribution in [-0.4, -0.2) is 42.5 Å². The number of phenols is 1. The normalized spacial score (nSPS) is 9.76. The fourth-order valence-electron chi connectivity index (χ4n) is 1.22. The average molecular weight is 236 g/mol. The number of nitrogens with zero attached hydrogens (tertiary/aromatic N) is 1. The SMILES string of the molecule is CN(C)C(=O)CCNC(=O)c1ccc(O)cc1. The molecule has 0 aliphatic heterocycles. The Balaban J connectivity index is 2.40. The molecular weight excluding hydrogens is 220 g/mol. The molecule has 1 aromatic rings. The van der Waals surface area contributed by atoms with Crippen molar-refractivity contribution in [2.75, 3.05) is 20.6 Å². The van der Waals surface area contributed by atoms with Gasteiger partial charge in [0.1, 0.15) is 5.75 Å². The molecule has 0 saturated heterocycles. The van der Waals surface area contributed by atoms with Crippen LogP contribution in [0.4, 0.5) is 0 Å². The molecule has 0 aliphatic carbocycles. The lowest BCUT2D eigenvalue weighted by molar-refractivity contribution is -0.128. The number of nitrogens with one attached hydrogen (secondary N) is 1. The summed E-state index contributed by atoms with van der Waals surface area (Å²) < 4.78 is 0. The maximum Gasteiger partial charge on any atom is 0.251 e. The Morgan fingerprint density at radius 1 is 1.24 bits per heavy atom. The largest absolute Gasteiger partial charge is 0.508 e. The predicted molar refractivity (Wildman–Crippen MR) is 63.8 cm³/mol. The summed E-state index contributed by atoms with van der Waals surface area (Å²) >= 11 is 0. The first-order valence-electron chi connectivity index (χ1n) is 5.28. The van der Waals surface area contributed by atoms with Crippen molar-refractivity contribution in [3.05, 3.63) is 29.8 Å². The zero-order valence-electron chi connectivity index (χ0n) is 9.93. The van der Waals surface area contributed by atoms with Gasteiger partial charge < -0.3 is 15.3 Å². The van der Waals surface area contributed by atoms with E-state index in [0.29, 0.717) is 12.1 Å². The molecule has 0 radical (unpaired) electrons. The summed E-state index contributed by atoms with van der Waals surface area (Å²) in [5.74, 6) is -0.170. The highest BCUT2D eigenvalue weighted by Crippen LogP contribution is 2.09. The van der Waals surface area contributed by atoms with Crippen LogP contribution < -0.4 is 5.32 Å². The minimum atomic E-state index is -0.253. The summed E-state index contributed by atoms with van der Waals surface area (Å²) in [7, 11) is 3.34. The van der Waals surface area contributed by atoms with Gasteiger partial charge in [0, 0.05) is 32.6 Å². The molecule has 0 heterocycles. The van der Waals surface area contributed by atoms with E-state index in [1.165, 1.54) is 29.2 Å². The van der Waals surface area contributed by atoms with Gasteiger partial charge in [0.15, 0.2) is 0 Å². The van der Waals surface area contributed by atoms with Gasteiger partial charge in [0.25, 0.3) is 5.91 Å². The van der Waals surface area contributed by atoms with Crippen molar-refractivity contribution < 1.29 is 14.7 Å². The molecule has 0 spiro atoms. The third-order valence-corrected chi connectivity index (χ3v) is 2.25. The van der Waals surface area contributed by atoms with Crippen LogP contribution in [0.15, 0.2) is 24.3 Å². The molecule has 0 atom stereocenters. The van der Waals surface area contributed by atoms with E-state index in [0.717, 1.165) is 0 Å². The van der Waals surface area contributed by atoms with Gasteiger partial charge >= 0.3 is 0 Å². The molecule has 0 unspecified atom stereocenters. The second-order valence-electron chi connectivity index (χ2n) is 3.84. The molecule has 1 rings (SSSR count). The van der Waals surface area contributed by atoms with E-state index >= 15 is 0 Å². The molecule has 0 saturated carbocycles. The number of rotatable bonds is 4. The summed E-state index contributed by atoms with van der Waals surface area (Å²) in [5.41, 5.74) is 0.458. The summed E-state index contributed by atoms with van der Waals surface area (Å²) in [6, 6.07) is 5.94. The van der Waals surface area contributed by atoms with Crippen molar-refractivity contribution in [3.8, 4) is 5.75 Å². The highest BCUT2D eigenvalue weighted by atomic mass is 16.3. The monoisotopic (exact) mass is 236 g/mol. The first-order chi connectivity index (χ1) is 8.00. The molecule has 5 nitrogen and oxygen atoms in total. The van der Waals surface area contributed by atoms with E-state index in [-0.39, 0.29) is 24.0 Å². The van der Waals surface area contributed by atoms with Gasteiger partial charge in [-0.05, 0) is 24.3 Å². The van der Waals surface area contributed by atoms with Crippen molar-refractivity contribution in [3.63, 3.8) is 0 Å². The topological polar surface area (TPSA) is 69.6 Å². The summed E-state index contributed by atoms with van der Waals surface area (Å²) in [4.78, 5) is 24.3. The molecule has 92 valence electrons. The van der Waals surface area contributed by atoms with Crippen LogP contribution in [0.1, 0.15) is 16.8 Å². The molecule has 0 fully saturated rings. The number of hydrogen-bond acceptors (Lipinski definition) is 3. The van der Waals surface area contributed by atoms with Crippen molar-refractivity contribution in [1.29, 1.82) is 0 Å². The van der Waals surface area contributed by atoms with Crippen LogP contribution in [0.2, 0.25) is 0 Å². The zero-order chi connectivity index (χ0) is 12.8. The lowest BCUT2D eigenvalue weighted by Gasteiger charge is -2.10. The van der Waals surface area contributed by atoms with Crippen molar-refractivity contribution >= 4 is 11.8 Å². The molecule has 0 aromatic heterocycles. The smallest absolute Gasteiger partial charge is 0.251 e. The van der Waals surface area contributed by atoms with Gasteiger partial charge in [0.05, 0.1) is 0 Å². The van der Waals surface area contributed by atoms with E-state index in [1.54, 1.807) is 14.1 Å². The van der Waals surface area contributed by atoms with E-state index < -0.39 is 0 Å². The van der Waals surface area contributed by atoms with Gasteiger partial charge in [-0.15, -0.1) is 0 Å². The second-order valence-corrected chi connectivity index (χ2v) is 3.84. The molecule has 5 heteroatoms. The Morgan fingerprint density at radius 3 is 2.35 bits per heavy atom. The third-order valence-electron chi connectivity index (χ3n) is 2.25. The van der Waals surface area contributed by atoms with Gasteiger partial charge in [-0.3, -0.25) is 9.59 Å². The van der Waals surface area contributed by atoms with E-state index in [9.17, 15) is 9.59 Å². The Bertz CT molecular complexity index is 399. The van der Waals surface area contributed by atoms with Crippen molar-refractivity contribution in [1.82, 2.24) is 10.2 Å². The van der Waals surface area contributed by atoms with Gasteiger partial charge in [-0.1, -0.05) is 0 Å². The summed E-state index contributed by atoms with van der Waals surface area (Å²) in [6.07, 6.45) is 0.275. The number of phenolic OH excluding ortho intramolecular Hbond substituents is 1. The van der Waals surface area contributed by atoms with E-state index in [1.807, 2.05) is 0 Å². The van der Waals surface area contributed by atoms with Crippen LogP contribution in [0, 0.1) is 0 Å². The van der Waals surface area contributed by atoms with Gasteiger partial charge in [-0.2, -0.15) is 0 Å². The number of benzene rings is 1. The molecule has 0 aliphatic rings. The lowest BCUT2D eigenvalue weighted by atomic mass is 10.2. The van der Waals surface area contributed by atoms with Gasteiger partial charge in [0.2, 0.25) is 5.91 Å². The number of carbonyl (C=O) groups excluding carboxylic acids is 2. The highest BCUT2D eigenvalue weighted by molar-refractivity contribution is 5.94. The number of amides is 2. The Morgan fingerprint density at radius 2 is 1.82 bits per heavy atom. The molecule has 1 aromatic carbocycles. The second kappa shape index (κ2) is 5.89. The Hall–Kier alpha value is -2.04. The third kappa shape index (κ3) is 4.14. The van der Waals surface area contributed by atoms with Crippen LogP contribution in [-0.2, 0) is 4.79 Å². The van der Waals surface area contributed by atoms with Crippen LogP contribution >= 0.6 is 0 Å². The zero-order valence-corrected chi connectivity index (χ0v) is 9.93.